The maximum absolute atomic E-state index is 7.58. The lowest BCUT2D eigenvalue weighted by molar-refractivity contribution is 0.711. The summed E-state index contributed by atoms with van der Waals surface area (Å²) in [4.78, 5) is 3.98. The van der Waals surface area contributed by atoms with E-state index in [-0.39, 0.29) is 0 Å². The lowest BCUT2D eigenvalue weighted by atomic mass is 10.0. The third-order valence-electron chi connectivity index (χ3n) is 2.55. The van der Waals surface area contributed by atoms with Gasteiger partial charge in [0.05, 0.1) is 0 Å². The first-order chi connectivity index (χ1) is 5.79. The Morgan fingerprint density at radius 3 is 2.50 bits per heavy atom. The first-order valence-electron chi connectivity index (χ1n) is 4.44. The highest BCUT2D eigenvalue weighted by atomic mass is 14.9. The quantitative estimate of drug-likeness (QED) is 0.559. The summed E-state index contributed by atoms with van der Waals surface area (Å²) in [7, 11) is 0. The number of hydrogen-bond acceptors (Lipinski definition) is 2. The molecule has 1 aliphatic heterocycles. The molecule has 0 saturated carbocycles. The molecule has 0 aromatic rings. The molecule has 1 heterocycles. The molecular weight excluding hydrogens is 150 g/mol. The zero-order valence-electron chi connectivity index (χ0n) is 7.06. The molecule has 12 heavy (non-hydrogen) atoms. The first-order valence-corrected chi connectivity index (χ1v) is 4.44. The van der Waals surface area contributed by atoms with E-state index in [0.717, 1.165) is 24.0 Å². The van der Waals surface area contributed by atoms with Crippen molar-refractivity contribution in [2.75, 3.05) is 0 Å². The van der Waals surface area contributed by atoms with Crippen molar-refractivity contribution in [2.45, 2.75) is 32.1 Å². The Kier molecular flexibility index (Phi) is 1.71. The lowest BCUT2D eigenvalue weighted by Crippen LogP contribution is -2.12. The second-order valence-corrected chi connectivity index (χ2v) is 3.36. The summed E-state index contributed by atoms with van der Waals surface area (Å²) in [6.07, 6.45) is 5.66. The van der Waals surface area contributed by atoms with Gasteiger partial charge in [0.1, 0.15) is 5.84 Å². The maximum atomic E-state index is 7.58. The van der Waals surface area contributed by atoms with Crippen molar-refractivity contribution in [1.82, 2.24) is 0 Å². The third kappa shape index (κ3) is 1.05. The van der Waals surface area contributed by atoms with Gasteiger partial charge in [0.2, 0.25) is 0 Å². The molecule has 0 unspecified atom stereocenters. The Bertz CT molecular complexity index is 286. The van der Waals surface area contributed by atoms with Crippen LogP contribution in [0.5, 0.6) is 0 Å². The molecule has 3 nitrogen and oxygen atoms in total. The van der Waals surface area contributed by atoms with Crippen LogP contribution >= 0.6 is 0 Å². The van der Waals surface area contributed by atoms with Crippen LogP contribution in [-0.4, -0.2) is 11.7 Å². The van der Waals surface area contributed by atoms with Crippen LogP contribution in [-0.2, 0) is 0 Å². The average molecular weight is 163 g/mol. The number of rotatable bonds is 0. The van der Waals surface area contributed by atoms with Gasteiger partial charge in [-0.05, 0) is 25.7 Å². The molecule has 2 aliphatic rings. The SMILES string of the molecule is N=C1N=C(N)C2=C1CCCCC2. The van der Waals surface area contributed by atoms with E-state index >= 15 is 0 Å². The van der Waals surface area contributed by atoms with Gasteiger partial charge in [-0.1, -0.05) is 6.42 Å². The summed E-state index contributed by atoms with van der Waals surface area (Å²) < 4.78 is 0. The molecule has 0 radical (unpaired) electrons. The van der Waals surface area contributed by atoms with Crippen LogP contribution < -0.4 is 5.73 Å². The third-order valence-corrected chi connectivity index (χ3v) is 2.55. The van der Waals surface area contributed by atoms with Gasteiger partial charge in [-0.3, -0.25) is 5.41 Å². The second-order valence-electron chi connectivity index (χ2n) is 3.36. The molecule has 3 N–H and O–H groups in total. The highest BCUT2D eigenvalue weighted by molar-refractivity contribution is 6.18. The van der Waals surface area contributed by atoms with Crippen molar-refractivity contribution in [2.24, 2.45) is 10.7 Å². The summed E-state index contributed by atoms with van der Waals surface area (Å²) in [5.41, 5.74) is 7.95. The van der Waals surface area contributed by atoms with Gasteiger partial charge in [-0.2, -0.15) is 0 Å². The molecule has 0 saturated heterocycles. The van der Waals surface area contributed by atoms with E-state index < -0.39 is 0 Å². The molecule has 3 heteroatoms. The molecule has 0 bridgehead atoms. The largest absolute Gasteiger partial charge is 0.383 e. The standard InChI is InChI=1S/C9H13N3/c10-8-6-4-2-1-3-5-7(6)9(11)12-8/h1-5H2,(H3,10,11,12). The van der Waals surface area contributed by atoms with Crippen LogP contribution in [0.15, 0.2) is 16.1 Å². The molecule has 64 valence electrons. The number of hydrogen-bond donors (Lipinski definition) is 2. The molecule has 0 amide bonds. The maximum Gasteiger partial charge on any atom is 0.150 e. The zero-order chi connectivity index (χ0) is 8.55. The Balaban J connectivity index is 2.34. The molecule has 1 aliphatic carbocycles. The zero-order valence-corrected chi connectivity index (χ0v) is 7.06. The minimum atomic E-state index is 0.407. The van der Waals surface area contributed by atoms with Crippen LogP contribution in [0.1, 0.15) is 32.1 Å². The number of nitrogens with two attached hydrogens (primary N) is 1. The molecule has 0 aromatic carbocycles. The average Bonchev–Trinajstić information content (AvgIpc) is 2.29. The van der Waals surface area contributed by atoms with Crippen LogP contribution in [0.3, 0.4) is 0 Å². The van der Waals surface area contributed by atoms with E-state index in [2.05, 4.69) is 4.99 Å². The Labute approximate surface area is 71.9 Å². The fraction of sp³-hybridized carbons (Fsp3) is 0.556. The van der Waals surface area contributed by atoms with Crippen molar-refractivity contribution in [1.29, 1.82) is 5.41 Å². The van der Waals surface area contributed by atoms with E-state index in [0.29, 0.717) is 11.7 Å². The van der Waals surface area contributed by atoms with Gasteiger partial charge in [-0.15, -0.1) is 0 Å². The van der Waals surface area contributed by atoms with E-state index in [4.69, 9.17) is 11.1 Å². The van der Waals surface area contributed by atoms with E-state index in [1.54, 1.807) is 0 Å². The first kappa shape index (κ1) is 7.53. The predicted molar refractivity (Wildman–Crippen MR) is 49.5 cm³/mol. The molecule has 0 aromatic heterocycles. The van der Waals surface area contributed by atoms with Crippen molar-refractivity contribution >= 4 is 11.7 Å². The summed E-state index contributed by atoms with van der Waals surface area (Å²) >= 11 is 0. The van der Waals surface area contributed by atoms with Crippen LogP contribution in [0, 0.1) is 5.41 Å². The monoisotopic (exact) mass is 163 g/mol. The van der Waals surface area contributed by atoms with Crippen LogP contribution in [0.2, 0.25) is 0 Å². The fourth-order valence-corrected chi connectivity index (χ4v) is 1.88. The smallest absolute Gasteiger partial charge is 0.150 e. The van der Waals surface area contributed by atoms with Gasteiger partial charge >= 0.3 is 0 Å². The van der Waals surface area contributed by atoms with Gasteiger partial charge in [0.15, 0.2) is 5.84 Å². The summed E-state index contributed by atoms with van der Waals surface area (Å²) in [5.74, 6) is 1.00. The lowest BCUT2D eigenvalue weighted by Gasteiger charge is -2.00. The normalized spacial score (nSPS) is 23.7. The Morgan fingerprint density at radius 2 is 1.75 bits per heavy atom. The fourth-order valence-electron chi connectivity index (χ4n) is 1.88. The number of amidine groups is 2. The Hall–Kier alpha value is -1.12. The summed E-state index contributed by atoms with van der Waals surface area (Å²) in [5, 5.41) is 7.58. The number of nitrogens with zero attached hydrogens (tertiary/aromatic N) is 1. The Morgan fingerprint density at radius 1 is 1.08 bits per heavy atom. The summed E-state index contributed by atoms with van der Waals surface area (Å²) in [6.45, 7) is 0. The predicted octanol–water partition coefficient (Wildman–Crippen LogP) is 1.60. The molecule has 0 fully saturated rings. The van der Waals surface area contributed by atoms with Crippen LogP contribution in [0.25, 0.3) is 0 Å². The molecule has 2 rings (SSSR count). The summed E-state index contributed by atoms with van der Waals surface area (Å²) in [6, 6.07) is 0. The number of aliphatic imine (C=N–C) groups is 1. The van der Waals surface area contributed by atoms with E-state index in [1.165, 1.54) is 19.3 Å². The molecule has 0 spiro atoms. The molecular formula is C9H13N3. The minimum absolute atomic E-state index is 0.407. The minimum Gasteiger partial charge on any atom is -0.383 e. The highest BCUT2D eigenvalue weighted by Gasteiger charge is 2.22. The van der Waals surface area contributed by atoms with Crippen molar-refractivity contribution in [3.05, 3.63) is 11.1 Å². The van der Waals surface area contributed by atoms with Gasteiger partial charge < -0.3 is 5.73 Å². The van der Waals surface area contributed by atoms with Crippen molar-refractivity contribution in [3.8, 4) is 0 Å². The van der Waals surface area contributed by atoms with E-state index in [9.17, 15) is 0 Å². The van der Waals surface area contributed by atoms with Gasteiger partial charge in [-0.25, -0.2) is 4.99 Å². The van der Waals surface area contributed by atoms with E-state index in [1.807, 2.05) is 0 Å². The topological polar surface area (TPSA) is 62.2 Å². The van der Waals surface area contributed by atoms with Crippen LogP contribution in [0.4, 0.5) is 0 Å². The van der Waals surface area contributed by atoms with Gasteiger partial charge in [0, 0.05) is 11.1 Å². The van der Waals surface area contributed by atoms with Crippen molar-refractivity contribution < 1.29 is 0 Å². The number of nitrogens with one attached hydrogen (secondary N) is 1. The second kappa shape index (κ2) is 2.73. The van der Waals surface area contributed by atoms with Crippen molar-refractivity contribution in [3.63, 3.8) is 0 Å². The molecule has 0 atom stereocenters. The highest BCUT2D eigenvalue weighted by Crippen LogP contribution is 2.28. The van der Waals surface area contributed by atoms with Gasteiger partial charge in [0.25, 0.3) is 0 Å².